The summed E-state index contributed by atoms with van der Waals surface area (Å²) in [4.78, 5) is 12.4. The molecule has 6 nitrogen and oxygen atoms in total. The van der Waals surface area contributed by atoms with Crippen molar-refractivity contribution in [2.75, 3.05) is 18.5 Å². The largest absolute Gasteiger partial charge is 0.361 e. The topological polar surface area (TPSA) is 69.6 Å². The highest BCUT2D eigenvalue weighted by Gasteiger charge is 2.31. The van der Waals surface area contributed by atoms with Crippen LogP contribution in [0.15, 0.2) is 36.5 Å². The number of carbonyl (C=O) groups excluding carboxylic acids is 1. The second kappa shape index (κ2) is 7.00. The minimum Gasteiger partial charge on any atom is -0.351 e. The number of nitrogens with zero attached hydrogens (tertiary/aromatic N) is 1. The Balaban J connectivity index is 2.08. The van der Waals surface area contributed by atoms with Crippen LogP contribution in [-0.2, 0) is 25.5 Å². The predicted molar refractivity (Wildman–Crippen MR) is 98.8 cm³/mol. The fourth-order valence-corrected chi connectivity index (χ4v) is 4.38. The maximum absolute atomic E-state index is 13.0. The van der Waals surface area contributed by atoms with E-state index in [2.05, 4.69) is 5.32 Å². The number of carbonyl (C=O) groups is 1. The first-order valence-electron chi connectivity index (χ1n) is 8.17. The molecule has 1 amide bonds. The van der Waals surface area contributed by atoms with E-state index in [1.165, 1.54) is 0 Å². The van der Waals surface area contributed by atoms with Gasteiger partial charge in [0, 0.05) is 30.2 Å². The summed E-state index contributed by atoms with van der Waals surface area (Å²) in [7, 11) is -1.49. The van der Waals surface area contributed by atoms with Crippen LogP contribution < -0.4 is 10.6 Å². The number of benzene rings is 1. The summed E-state index contributed by atoms with van der Waals surface area (Å²) in [6, 6.07) is 8.96. The van der Waals surface area contributed by atoms with Crippen LogP contribution in [0, 0.1) is 0 Å². The number of fused-ring (bicyclic) bond motifs is 1. The van der Waals surface area contributed by atoms with Crippen molar-refractivity contribution in [3.8, 4) is 0 Å². The van der Waals surface area contributed by atoms with Crippen molar-refractivity contribution in [2.24, 2.45) is 7.05 Å². The third kappa shape index (κ3) is 3.33. The molecule has 1 aromatic carbocycles. The molecule has 25 heavy (non-hydrogen) atoms. The van der Waals surface area contributed by atoms with Gasteiger partial charge in [0.15, 0.2) is 0 Å². The molecule has 0 saturated heterocycles. The Morgan fingerprint density at radius 3 is 2.52 bits per heavy atom. The Hall–Kier alpha value is -2.14. The molecule has 0 radical (unpaired) electrons. The Morgan fingerprint density at radius 2 is 1.92 bits per heavy atom. The number of aryl methyl sites for hydroxylation is 1. The molecular formula is C18H21N2O4P. The highest BCUT2D eigenvalue weighted by atomic mass is 31.2. The molecule has 0 saturated carbocycles. The molecule has 0 spiro atoms. The van der Waals surface area contributed by atoms with Gasteiger partial charge >= 0.3 is 7.60 Å². The quantitative estimate of drug-likeness (QED) is 0.633. The van der Waals surface area contributed by atoms with Gasteiger partial charge < -0.3 is 18.9 Å². The van der Waals surface area contributed by atoms with Crippen LogP contribution >= 0.6 is 7.60 Å². The standard InChI is InChI=1S/C18H21N2O4P/c1-4-23-25(22,24-5-2)14-8-9-17-15(12-14)16(18(21)19-17)11-13-7-6-10-20(13)3/h6-12H,4-5H2,1-3H3,(H,19,21)/b16-11-. The maximum Gasteiger partial charge on any atom is 0.361 e. The number of amides is 1. The van der Waals surface area contributed by atoms with Crippen LogP contribution in [0.25, 0.3) is 11.6 Å². The summed E-state index contributed by atoms with van der Waals surface area (Å²) in [5, 5.41) is 3.28. The summed E-state index contributed by atoms with van der Waals surface area (Å²) in [6.45, 7) is 4.09. The second-order valence-electron chi connectivity index (χ2n) is 5.62. The first-order valence-corrected chi connectivity index (χ1v) is 9.71. The van der Waals surface area contributed by atoms with Crippen molar-refractivity contribution in [1.82, 2.24) is 4.57 Å². The molecule has 132 valence electrons. The van der Waals surface area contributed by atoms with E-state index in [0.717, 1.165) is 5.69 Å². The highest BCUT2D eigenvalue weighted by Crippen LogP contribution is 2.48. The third-order valence-corrected chi connectivity index (χ3v) is 6.08. The lowest BCUT2D eigenvalue weighted by Crippen LogP contribution is -2.11. The molecule has 3 rings (SSSR count). The molecule has 2 heterocycles. The second-order valence-corrected chi connectivity index (χ2v) is 7.65. The van der Waals surface area contributed by atoms with E-state index in [1.807, 2.05) is 36.0 Å². The minimum absolute atomic E-state index is 0.184. The molecule has 1 aromatic heterocycles. The Labute approximate surface area is 147 Å². The first-order chi connectivity index (χ1) is 12.0. The van der Waals surface area contributed by atoms with E-state index in [1.54, 1.807) is 32.0 Å². The summed E-state index contributed by atoms with van der Waals surface area (Å²) < 4.78 is 25.7. The van der Waals surface area contributed by atoms with Crippen molar-refractivity contribution >= 4 is 36.1 Å². The van der Waals surface area contributed by atoms with Crippen molar-refractivity contribution in [3.63, 3.8) is 0 Å². The van der Waals surface area contributed by atoms with Gasteiger partial charge in [-0.15, -0.1) is 0 Å². The molecule has 7 heteroatoms. The smallest absolute Gasteiger partial charge is 0.351 e. The summed E-state index contributed by atoms with van der Waals surface area (Å²) in [5.74, 6) is -0.184. The normalized spacial score (nSPS) is 15.5. The van der Waals surface area contributed by atoms with E-state index in [-0.39, 0.29) is 19.1 Å². The SMILES string of the molecule is CCOP(=O)(OCC)c1ccc2c(c1)/C(=C/c1cccn1C)C(=O)N2. The lowest BCUT2D eigenvalue weighted by Gasteiger charge is -2.17. The van der Waals surface area contributed by atoms with Gasteiger partial charge in [0.2, 0.25) is 0 Å². The molecule has 1 N–H and O–H groups in total. The monoisotopic (exact) mass is 360 g/mol. The fourth-order valence-electron chi connectivity index (χ4n) is 2.79. The van der Waals surface area contributed by atoms with Crippen LogP contribution in [-0.4, -0.2) is 23.7 Å². The number of hydrogen-bond acceptors (Lipinski definition) is 4. The molecule has 2 aromatic rings. The van der Waals surface area contributed by atoms with Crippen LogP contribution in [0.1, 0.15) is 25.1 Å². The van der Waals surface area contributed by atoms with Gasteiger partial charge in [0.25, 0.3) is 5.91 Å². The number of anilines is 1. The lowest BCUT2D eigenvalue weighted by molar-refractivity contribution is -0.110. The molecule has 0 fully saturated rings. The molecule has 0 aliphatic carbocycles. The van der Waals surface area contributed by atoms with Crippen LogP contribution in [0.3, 0.4) is 0 Å². The van der Waals surface area contributed by atoms with Crippen molar-refractivity contribution in [1.29, 1.82) is 0 Å². The van der Waals surface area contributed by atoms with E-state index >= 15 is 0 Å². The first kappa shape index (κ1) is 17.7. The van der Waals surface area contributed by atoms with Crippen LogP contribution in [0.2, 0.25) is 0 Å². The summed E-state index contributed by atoms with van der Waals surface area (Å²) in [5.41, 5.74) is 2.82. The summed E-state index contributed by atoms with van der Waals surface area (Å²) in [6.07, 6.45) is 3.73. The molecular weight excluding hydrogens is 339 g/mol. The van der Waals surface area contributed by atoms with Gasteiger partial charge in [0.1, 0.15) is 0 Å². The number of hydrogen-bond donors (Lipinski definition) is 1. The molecule has 0 unspecified atom stereocenters. The average molecular weight is 360 g/mol. The molecule has 1 aliphatic heterocycles. The van der Waals surface area contributed by atoms with Gasteiger partial charge in [-0.2, -0.15) is 0 Å². The highest BCUT2D eigenvalue weighted by molar-refractivity contribution is 7.62. The molecule has 0 atom stereocenters. The Kier molecular flexibility index (Phi) is 4.95. The van der Waals surface area contributed by atoms with Gasteiger partial charge in [0.05, 0.1) is 24.1 Å². The Bertz CT molecular complexity index is 875. The third-order valence-electron chi connectivity index (χ3n) is 3.98. The zero-order chi connectivity index (χ0) is 18.0. The maximum atomic E-state index is 13.0. The van der Waals surface area contributed by atoms with Crippen molar-refractivity contribution < 1.29 is 18.4 Å². The van der Waals surface area contributed by atoms with Crippen LogP contribution in [0.4, 0.5) is 5.69 Å². The molecule has 0 bridgehead atoms. The average Bonchev–Trinajstić information content (AvgIpc) is 3.11. The lowest BCUT2D eigenvalue weighted by atomic mass is 10.1. The molecule has 1 aliphatic rings. The van der Waals surface area contributed by atoms with E-state index in [0.29, 0.717) is 22.1 Å². The van der Waals surface area contributed by atoms with E-state index < -0.39 is 7.60 Å². The zero-order valence-corrected chi connectivity index (χ0v) is 15.4. The van der Waals surface area contributed by atoms with E-state index in [9.17, 15) is 9.36 Å². The number of nitrogens with one attached hydrogen (secondary N) is 1. The summed E-state index contributed by atoms with van der Waals surface area (Å²) >= 11 is 0. The number of rotatable bonds is 6. The minimum atomic E-state index is -3.40. The Morgan fingerprint density at radius 1 is 1.20 bits per heavy atom. The van der Waals surface area contributed by atoms with E-state index in [4.69, 9.17) is 9.05 Å². The van der Waals surface area contributed by atoms with Crippen molar-refractivity contribution in [2.45, 2.75) is 13.8 Å². The van der Waals surface area contributed by atoms with Crippen LogP contribution in [0.5, 0.6) is 0 Å². The van der Waals surface area contributed by atoms with Crippen molar-refractivity contribution in [3.05, 3.63) is 47.8 Å². The zero-order valence-electron chi connectivity index (χ0n) is 14.5. The van der Waals surface area contributed by atoms with Gasteiger partial charge in [-0.3, -0.25) is 9.36 Å². The van der Waals surface area contributed by atoms with Gasteiger partial charge in [-0.1, -0.05) is 0 Å². The fraction of sp³-hybridized carbons (Fsp3) is 0.278. The van der Waals surface area contributed by atoms with Gasteiger partial charge in [-0.25, -0.2) is 0 Å². The predicted octanol–water partition coefficient (Wildman–Crippen LogP) is 3.41. The number of aromatic nitrogens is 1. The van der Waals surface area contributed by atoms with Gasteiger partial charge in [-0.05, 0) is 50.3 Å².